The molecule has 4 N–H and O–H groups in total. The van der Waals surface area contributed by atoms with Crippen LogP contribution in [-0.2, 0) is 29.5 Å². The third-order valence-electron chi connectivity index (χ3n) is 5.66. The number of hydrogen-bond acceptors (Lipinski definition) is 10. The summed E-state index contributed by atoms with van der Waals surface area (Å²) in [6.07, 6.45) is 4.38. The summed E-state index contributed by atoms with van der Waals surface area (Å²) >= 11 is 0. The quantitative estimate of drug-likeness (QED) is 0.150. The normalized spacial score (nSPS) is 15.4. The van der Waals surface area contributed by atoms with Crippen LogP contribution in [-0.4, -0.2) is 40.8 Å². The molecule has 4 rings (SSSR count). The number of anilines is 2. The van der Waals surface area contributed by atoms with Gasteiger partial charge in [-0.05, 0) is 53.1 Å². The summed E-state index contributed by atoms with van der Waals surface area (Å²) in [6.45, 7) is 1.61. The maximum absolute atomic E-state index is 13.7. The molecule has 2 aliphatic rings. The number of benzene rings is 2. The van der Waals surface area contributed by atoms with Crippen molar-refractivity contribution in [2.75, 3.05) is 16.1 Å². The third kappa shape index (κ3) is 6.27. The minimum atomic E-state index is -4.43. The van der Waals surface area contributed by atoms with Gasteiger partial charge in [-0.2, -0.15) is 9.11 Å². The second-order valence-corrected chi connectivity index (χ2v) is 11.4. The first-order valence-electron chi connectivity index (χ1n) is 11.1. The fourth-order valence-corrected chi connectivity index (χ4v) is 6.02. The molecule has 0 heterocycles. The zero-order chi connectivity index (χ0) is 28.5. The minimum absolute atomic E-state index is 0. The number of nitrogens with zero attached hydrogens (tertiary/aromatic N) is 4. The maximum atomic E-state index is 13.7. The van der Waals surface area contributed by atoms with Gasteiger partial charge in [-0.1, -0.05) is 24.3 Å². The van der Waals surface area contributed by atoms with Gasteiger partial charge in [-0.3, -0.25) is 19.7 Å². The maximum Gasteiger partial charge on any atom is 1.00 e. The SMILES string of the molecule is CCN(c1ccccc1)S(=O)(=O)c1cc(N([O-])O)ccc1N=NC1=C2C(=O)C=C([S+](=O)(O)O)C=C2C=CC1=N.[Na+]. The molecule has 0 amide bonds. The molecule has 0 unspecified atom stereocenters. The fraction of sp³-hybridized carbons (Fsp3) is 0.0833. The van der Waals surface area contributed by atoms with Gasteiger partial charge in [0.1, 0.15) is 16.3 Å². The largest absolute Gasteiger partial charge is 1.00 e. The van der Waals surface area contributed by atoms with Crippen LogP contribution in [0.1, 0.15) is 6.92 Å². The standard InChI is InChI=1S/C24H21N5O8S2.Na/c1-2-28(16-6-4-3-5-7-16)38(33,34)22-13-17(29(31)32)9-11-20(22)26-27-24-19(25)10-8-15-12-18(39(35,36)37)14-21(30)23(15)24;/h3-14,25,31H,2H2,1H3,(H2,35,36,37);/q;+1. The van der Waals surface area contributed by atoms with Crippen molar-refractivity contribution in [3.8, 4) is 0 Å². The molecule has 40 heavy (non-hydrogen) atoms. The molecule has 0 saturated heterocycles. The van der Waals surface area contributed by atoms with Crippen LogP contribution < -0.4 is 39.1 Å². The van der Waals surface area contributed by atoms with Gasteiger partial charge >= 0.3 is 40.1 Å². The number of rotatable bonds is 8. The average Bonchev–Trinajstić information content (AvgIpc) is 2.88. The molecule has 0 fully saturated rings. The number of ketones is 1. The van der Waals surface area contributed by atoms with Gasteiger partial charge in [-0.25, -0.2) is 8.42 Å². The molecule has 2 aromatic rings. The van der Waals surface area contributed by atoms with Gasteiger partial charge in [0.15, 0.2) is 5.78 Å². The molecular formula is C24H21N5NaO8S2+. The van der Waals surface area contributed by atoms with Crippen molar-refractivity contribution < 1.29 is 61.3 Å². The Morgan fingerprint density at radius 3 is 2.30 bits per heavy atom. The Kier molecular flexibility index (Phi) is 9.56. The fourth-order valence-electron chi connectivity index (χ4n) is 3.86. The van der Waals surface area contributed by atoms with Crippen LogP contribution in [0.5, 0.6) is 0 Å². The number of allylic oxidation sites excluding steroid dienone is 6. The van der Waals surface area contributed by atoms with E-state index in [2.05, 4.69) is 10.2 Å². The van der Waals surface area contributed by atoms with E-state index >= 15 is 0 Å². The van der Waals surface area contributed by atoms with Crippen LogP contribution in [0.25, 0.3) is 0 Å². The number of nitrogens with one attached hydrogen (secondary N) is 1. The summed E-state index contributed by atoms with van der Waals surface area (Å²) in [4.78, 5) is 11.7. The molecule has 0 radical (unpaired) electrons. The van der Waals surface area contributed by atoms with E-state index in [1.807, 2.05) is 0 Å². The minimum Gasteiger partial charge on any atom is -0.733 e. The first-order chi connectivity index (χ1) is 18.3. The number of para-hydroxylation sites is 1. The summed E-state index contributed by atoms with van der Waals surface area (Å²) in [5.74, 6) is -0.826. The second kappa shape index (κ2) is 12.2. The van der Waals surface area contributed by atoms with Gasteiger partial charge in [-0.15, -0.1) is 10.2 Å². The summed E-state index contributed by atoms with van der Waals surface area (Å²) in [5, 5.41) is 36.6. The van der Waals surface area contributed by atoms with Gasteiger partial charge in [0.25, 0.3) is 10.0 Å². The Balaban J connectivity index is 0.00000441. The first kappa shape index (κ1) is 31.4. The number of sulfonamides is 1. The molecule has 16 heteroatoms. The zero-order valence-corrected chi connectivity index (χ0v) is 24.8. The smallest absolute Gasteiger partial charge is 0.733 e. The number of carbonyl (C=O) groups is 1. The Labute approximate surface area is 252 Å². The molecule has 0 bridgehead atoms. The van der Waals surface area contributed by atoms with E-state index in [0.29, 0.717) is 5.69 Å². The molecule has 2 aliphatic carbocycles. The molecule has 13 nitrogen and oxygen atoms in total. The van der Waals surface area contributed by atoms with Gasteiger partial charge in [0.05, 0.1) is 22.7 Å². The van der Waals surface area contributed by atoms with Crippen LogP contribution in [0.3, 0.4) is 0 Å². The molecule has 0 aromatic heterocycles. The van der Waals surface area contributed by atoms with Crippen LogP contribution in [0, 0.1) is 10.6 Å². The molecule has 2 aromatic carbocycles. The average molecular weight is 595 g/mol. The van der Waals surface area contributed by atoms with Gasteiger partial charge in [0.2, 0.25) is 4.91 Å². The Hall–Kier alpha value is -3.12. The van der Waals surface area contributed by atoms with E-state index in [-0.39, 0.29) is 64.3 Å². The van der Waals surface area contributed by atoms with Crippen LogP contribution in [0.4, 0.5) is 17.1 Å². The van der Waals surface area contributed by atoms with Crippen LogP contribution >= 0.6 is 0 Å². The van der Waals surface area contributed by atoms with Crippen molar-refractivity contribution in [2.45, 2.75) is 11.8 Å². The Morgan fingerprint density at radius 1 is 1.02 bits per heavy atom. The van der Waals surface area contributed by atoms with E-state index in [9.17, 15) is 36.9 Å². The Bertz CT molecular complexity index is 1680. The molecule has 0 saturated carbocycles. The molecular weight excluding hydrogens is 573 g/mol. The topological polar surface area (TPSA) is 207 Å². The predicted octanol–water partition coefficient (Wildman–Crippen LogP) is 1.37. The summed E-state index contributed by atoms with van der Waals surface area (Å²) < 4.78 is 58.9. The van der Waals surface area contributed by atoms with Crippen molar-refractivity contribution in [3.63, 3.8) is 0 Å². The van der Waals surface area contributed by atoms with Gasteiger partial charge in [0, 0.05) is 18.7 Å². The van der Waals surface area contributed by atoms with E-state index in [0.717, 1.165) is 34.7 Å². The van der Waals surface area contributed by atoms with Crippen LogP contribution in [0.2, 0.25) is 0 Å². The molecule has 0 aliphatic heterocycles. The monoisotopic (exact) mass is 594 g/mol. The third-order valence-corrected chi connectivity index (χ3v) is 8.44. The predicted molar refractivity (Wildman–Crippen MR) is 144 cm³/mol. The molecule has 0 spiro atoms. The number of fused-ring (bicyclic) bond motifs is 1. The van der Waals surface area contributed by atoms with E-state index in [1.54, 1.807) is 37.3 Å². The van der Waals surface area contributed by atoms with Crippen molar-refractivity contribution in [1.82, 2.24) is 0 Å². The first-order valence-corrected chi connectivity index (χ1v) is 14.0. The number of hydrogen-bond donors (Lipinski definition) is 4. The molecule has 202 valence electrons. The van der Waals surface area contributed by atoms with Crippen molar-refractivity contribution in [2.24, 2.45) is 10.2 Å². The zero-order valence-electron chi connectivity index (χ0n) is 21.1. The Morgan fingerprint density at radius 2 is 1.70 bits per heavy atom. The van der Waals surface area contributed by atoms with E-state index in [4.69, 9.17) is 5.41 Å². The number of azo groups is 1. The van der Waals surface area contributed by atoms with E-state index in [1.165, 1.54) is 12.2 Å². The summed E-state index contributed by atoms with van der Waals surface area (Å²) in [5.41, 5.74) is -0.911. The summed E-state index contributed by atoms with van der Waals surface area (Å²) in [7, 11) is -8.81. The van der Waals surface area contributed by atoms with Crippen molar-refractivity contribution >= 4 is 49.1 Å². The molecule has 0 atom stereocenters. The van der Waals surface area contributed by atoms with Crippen molar-refractivity contribution in [1.29, 1.82) is 5.41 Å². The number of carbonyl (C=O) groups excluding carboxylic acids is 1. The van der Waals surface area contributed by atoms with Gasteiger partial charge < -0.3 is 10.4 Å². The van der Waals surface area contributed by atoms with Crippen molar-refractivity contribution in [3.05, 3.63) is 99.8 Å². The van der Waals surface area contributed by atoms with E-state index < -0.39 is 47.0 Å². The van der Waals surface area contributed by atoms with Crippen LogP contribution in [0.15, 0.2) is 110 Å². The summed E-state index contributed by atoms with van der Waals surface area (Å²) in [6, 6.07) is 11.3. The second-order valence-electron chi connectivity index (χ2n) is 8.11.